The first-order chi connectivity index (χ1) is 7.04. The van der Waals surface area contributed by atoms with E-state index in [9.17, 15) is 9.59 Å². The molecule has 0 aromatic carbocycles. The second-order valence-corrected chi connectivity index (χ2v) is 4.47. The monoisotopic (exact) mass is 227 g/mol. The Kier molecular flexibility index (Phi) is 3.85. The van der Waals surface area contributed by atoms with Crippen LogP contribution in [0.4, 0.5) is 0 Å². The van der Waals surface area contributed by atoms with Crippen LogP contribution in [-0.4, -0.2) is 19.0 Å². The van der Waals surface area contributed by atoms with Crippen LogP contribution in [0.5, 0.6) is 0 Å². The highest BCUT2D eigenvalue weighted by molar-refractivity contribution is 7.12. The molecule has 0 saturated carbocycles. The average Bonchev–Trinajstić information content (AvgIpc) is 2.54. The topological polar surface area (TPSA) is 55.4 Å². The van der Waals surface area contributed by atoms with E-state index in [0.717, 1.165) is 4.88 Å². The Labute approximate surface area is 92.2 Å². The van der Waals surface area contributed by atoms with Gasteiger partial charge in [-0.1, -0.05) is 0 Å². The van der Waals surface area contributed by atoms with Crippen molar-refractivity contribution in [2.45, 2.75) is 20.4 Å². The Morgan fingerprint density at radius 1 is 1.47 bits per heavy atom. The second-order valence-electron chi connectivity index (χ2n) is 3.13. The first-order valence-corrected chi connectivity index (χ1v) is 5.28. The van der Waals surface area contributed by atoms with E-state index in [1.807, 2.05) is 19.9 Å². The quantitative estimate of drug-likeness (QED) is 0.609. The van der Waals surface area contributed by atoms with Gasteiger partial charge in [0.05, 0.1) is 13.7 Å². The highest BCUT2D eigenvalue weighted by Crippen LogP contribution is 2.20. The molecule has 5 heteroatoms. The van der Waals surface area contributed by atoms with Crippen molar-refractivity contribution in [3.05, 3.63) is 21.4 Å². The molecule has 0 radical (unpaired) electrons. The smallest absolute Gasteiger partial charge is 0.396 e. The van der Waals surface area contributed by atoms with Crippen molar-refractivity contribution in [1.29, 1.82) is 0 Å². The second kappa shape index (κ2) is 4.93. The predicted molar refractivity (Wildman–Crippen MR) is 57.7 cm³/mol. The lowest BCUT2D eigenvalue weighted by molar-refractivity contribution is -0.152. The maximum absolute atomic E-state index is 11.1. The molecular weight excluding hydrogens is 214 g/mol. The molecule has 1 N–H and O–H groups in total. The predicted octanol–water partition coefficient (Wildman–Crippen LogP) is 1.15. The molecule has 15 heavy (non-hydrogen) atoms. The van der Waals surface area contributed by atoms with Gasteiger partial charge < -0.3 is 10.1 Å². The largest absolute Gasteiger partial charge is 0.462 e. The van der Waals surface area contributed by atoms with Crippen LogP contribution < -0.4 is 5.32 Å². The Morgan fingerprint density at radius 2 is 2.13 bits per heavy atom. The lowest BCUT2D eigenvalue weighted by Crippen LogP contribution is -2.31. The molecule has 1 aromatic rings. The number of rotatable bonds is 2. The van der Waals surface area contributed by atoms with Gasteiger partial charge in [-0.05, 0) is 25.5 Å². The fourth-order valence-corrected chi connectivity index (χ4v) is 2.06. The normalized spacial score (nSPS) is 9.80. The summed E-state index contributed by atoms with van der Waals surface area (Å²) in [5.41, 5.74) is 1.20. The van der Waals surface area contributed by atoms with Gasteiger partial charge in [-0.3, -0.25) is 4.79 Å². The SMILES string of the molecule is COC(=O)C(=O)NCc1cc(C)c(C)s1. The van der Waals surface area contributed by atoms with E-state index in [1.165, 1.54) is 17.6 Å². The maximum atomic E-state index is 11.1. The molecule has 0 spiro atoms. The third-order valence-electron chi connectivity index (χ3n) is 2.01. The molecular formula is C10H13NO3S. The van der Waals surface area contributed by atoms with Gasteiger partial charge in [-0.15, -0.1) is 11.3 Å². The molecule has 82 valence electrons. The van der Waals surface area contributed by atoms with Crippen LogP contribution in [0.3, 0.4) is 0 Å². The van der Waals surface area contributed by atoms with Gasteiger partial charge in [-0.25, -0.2) is 4.79 Å². The minimum absolute atomic E-state index is 0.368. The van der Waals surface area contributed by atoms with Crippen LogP contribution >= 0.6 is 11.3 Å². The third-order valence-corrected chi connectivity index (χ3v) is 3.16. The van der Waals surface area contributed by atoms with Crippen LogP contribution in [0.15, 0.2) is 6.07 Å². The molecule has 0 aliphatic heterocycles. The summed E-state index contributed by atoms with van der Waals surface area (Å²) in [6.45, 7) is 4.40. The van der Waals surface area contributed by atoms with Crippen LogP contribution in [0.25, 0.3) is 0 Å². The highest BCUT2D eigenvalue weighted by atomic mass is 32.1. The van der Waals surface area contributed by atoms with E-state index in [1.54, 1.807) is 11.3 Å². The molecule has 1 amide bonds. The lowest BCUT2D eigenvalue weighted by atomic mass is 10.3. The highest BCUT2D eigenvalue weighted by Gasteiger charge is 2.13. The van der Waals surface area contributed by atoms with Crippen molar-refractivity contribution < 1.29 is 14.3 Å². The Balaban J connectivity index is 2.50. The lowest BCUT2D eigenvalue weighted by Gasteiger charge is -2.00. The number of amides is 1. The average molecular weight is 227 g/mol. The van der Waals surface area contributed by atoms with Gasteiger partial charge >= 0.3 is 11.9 Å². The van der Waals surface area contributed by atoms with Crippen molar-refractivity contribution in [2.24, 2.45) is 0 Å². The summed E-state index contributed by atoms with van der Waals surface area (Å²) in [6.07, 6.45) is 0. The first kappa shape index (κ1) is 11.7. The Hall–Kier alpha value is -1.36. The molecule has 0 bridgehead atoms. The van der Waals surface area contributed by atoms with E-state index in [2.05, 4.69) is 10.1 Å². The van der Waals surface area contributed by atoms with Crippen molar-refractivity contribution in [2.75, 3.05) is 7.11 Å². The minimum atomic E-state index is -0.861. The summed E-state index contributed by atoms with van der Waals surface area (Å²) in [5, 5.41) is 2.49. The summed E-state index contributed by atoms with van der Waals surface area (Å²) in [6, 6.07) is 2.00. The molecule has 0 fully saturated rings. The number of nitrogens with one attached hydrogen (secondary N) is 1. The van der Waals surface area contributed by atoms with E-state index in [4.69, 9.17) is 0 Å². The number of aryl methyl sites for hydroxylation is 2. The van der Waals surface area contributed by atoms with Gasteiger partial charge in [-0.2, -0.15) is 0 Å². The maximum Gasteiger partial charge on any atom is 0.396 e. The summed E-state index contributed by atoms with van der Waals surface area (Å²) in [4.78, 5) is 24.1. The van der Waals surface area contributed by atoms with Crippen molar-refractivity contribution in [3.8, 4) is 0 Å². The Bertz CT molecular complexity index is 365. The van der Waals surface area contributed by atoms with Gasteiger partial charge in [0.15, 0.2) is 0 Å². The molecule has 0 saturated heterocycles. The van der Waals surface area contributed by atoms with Crippen LogP contribution in [-0.2, 0) is 20.9 Å². The van der Waals surface area contributed by atoms with Crippen molar-refractivity contribution in [3.63, 3.8) is 0 Å². The van der Waals surface area contributed by atoms with Gasteiger partial charge in [0.1, 0.15) is 0 Å². The van der Waals surface area contributed by atoms with Crippen LogP contribution in [0, 0.1) is 13.8 Å². The summed E-state index contributed by atoms with van der Waals surface area (Å²) < 4.78 is 4.28. The molecule has 1 aromatic heterocycles. The zero-order chi connectivity index (χ0) is 11.4. The standard InChI is InChI=1S/C10H13NO3S/c1-6-4-8(15-7(6)2)5-11-9(12)10(13)14-3/h4H,5H2,1-3H3,(H,11,12). The number of hydrogen-bond acceptors (Lipinski definition) is 4. The van der Waals surface area contributed by atoms with Gasteiger partial charge in [0, 0.05) is 9.75 Å². The third kappa shape index (κ3) is 3.06. The van der Waals surface area contributed by atoms with E-state index >= 15 is 0 Å². The van der Waals surface area contributed by atoms with Gasteiger partial charge in [0.25, 0.3) is 0 Å². The fourth-order valence-electron chi connectivity index (χ4n) is 1.07. The number of carbonyl (C=O) groups is 2. The van der Waals surface area contributed by atoms with E-state index < -0.39 is 11.9 Å². The molecule has 0 unspecified atom stereocenters. The van der Waals surface area contributed by atoms with Crippen molar-refractivity contribution >= 4 is 23.2 Å². The van der Waals surface area contributed by atoms with Crippen LogP contribution in [0.1, 0.15) is 15.3 Å². The number of methoxy groups -OCH3 is 1. The molecule has 1 rings (SSSR count). The number of esters is 1. The Morgan fingerprint density at radius 3 is 2.60 bits per heavy atom. The first-order valence-electron chi connectivity index (χ1n) is 4.46. The number of ether oxygens (including phenoxy) is 1. The molecule has 4 nitrogen and oxygen atoms in total. The summed E-state index contributed by atoms with van der Waals surface area (Å²) in [7, 11) is 1.18. The van der Waals surface area contributed by atoms with Crippen molar-refractivity contribution in [1.82, 2.24) is 5.32 Å². The fraction of sp³-hybridized carbons (Fsp3) is 0.400. The van der Waals surface area contributed by atoms with E-state index in [-0.39, 0.29) is 0 Å². The number of thiophene rings is 1. The van der Waals surface area contributed by atoms with Gasteiger partial charge in [0.2, 0.25) is 0 Å². The molecule has 0 aliphatic carbocycles. The summed E-state index contributed by atoms with van der Waals surface area (Å²) >= 11 is 1.61. The molecule has 0 atom stereocenters. The number of carbonyl (C=O) groups excluding carboxylic acids is 2. The zero-order valence-electron chi connectivity index (χ0n) is 8.92. The molecule has 0 aliphatic rings. The summed E-state index contributed by atoms with van der Waals surface area (Å²) in [5.74, 6) is -1.57. The zero-order valence-corrected chi connectivity index (χ0v) is 9.73. The minimum Gasteiger partial charge on any atom is -0.462 e. The number of hydrogen-bond donors (Lipinski definition) is 1. The molecule has 1 heterocycles. The van der Waals surface area contributed by atoms with E-state index in [0.29, 0.717) is 6.54 Å². The van der Waals surface area contributed by atoms with Crippen LogP contribution in [0.2, 0.25) is 0 Å².